The number of halogens is 1. The molecule has 0 atom stereocenters. The normalized spacial score (nSPS) is 11.7. The second kappa shape index (κ2) is 8.30. The van der Waals surface area contributed by atoms with E-state index in [-0.39, 0.29) is 10.9 Å². The molecule has 0 aliphatic carbocycles. The third-order valence-electron chi connectivity index (χ3n) is 4.22. The SMILES string of the molecule is Cc1ccc(-c2sc(NC(C)C)nc2C)cc1S(=O)(=O)Nc1cnc(Cl)c(C)c1. The van der Waals surface area contributed by atoms with Gasteiger partial charge in [0.05, 0.1) is 27.4 Å². The molecule has 0 radical (unpaired) electrons. The summed E-state index contributed by atoms with van der Waals surface area (Å²) in [6.07, 6.45) is 1.41. The Morgan fingerprint density at radius 1 is 1.10 bits per heavy atom. The molecule has 1 aromatic carbocycles. The van der Waals surface area contributed by atoms with Gasteiger partial charge in [-0.2, -0.15) is 0 Å². The van der Waals surface area contributed by atoms with Crippen LogP contribution < -0.4 is 10.0 Å². The van der Waals surface area contributed by atoms with Crippen LogP contribution in [-0.2, 0) is 10.0 Å². The zero-order valence-corrected chi connectivity index (χ0v) is 19.3. The number of anilines is 2. The van der Waals surface area contributed by atoms with Crippen molar-refractivity contribution < 1.29 is 8.42 Å². The average molecular weight is 451 g/mol. The molecule has 3 aromatic rings. The van der Waals surface area contributed by atoms with Crippen LogP contribution >= 0.6 is 22.9 Å². The fourth-order valence-corrected chi connectivity index (χ4v) is 5.35. The minimum Gasteiger partial charge on any atom is -0.359 e. The second-order valence-corrected chi connectivity index (χ2v) is 10.2. The Hall–Kier alpha value is -2.16. The van der Waals surface area contributed by atoms with Crippen LogP contribution in [0.15, 0.2) is 35.4 Å². The van der Waals surface area contributed by atoms with Gasteiger partial charge in [0.1, 0.15) is 5.15 Å². The van der Waals surface area contributed by atoms with Crippen LogP contribution in [0.1, 0.15) is 30.7 Å². The Morgan fingerprint density at radius 2 is 1.83 bits per heavy atom. The van der Waals surface area contributed by atoms with Gasteiger partial charge in [-0.15, -0.1) is 0 Å². The van der Waals surface area contributed by atoms with Crippen LogP contribution in [0.4, 0.5) is 10.8 Å². The van der Waals surface area contributed by atoms with E-state index in [0.29, 0.717) is 22.0 Å². The van der Waals surface area contributed by atoms with Crippen molar-refractivity contribution >= 4 is 43.8 Å². The molecular weight excluding hydrogens is 428 g/mol. The maximum absolute atomic E-state index is 13.0. The van der Waals surface area contributed by atoms with Gasteiger partial charge in [0.15, 0.2) is 5.13 Å². The van der Waals surface area contributed by atoms with Crippen molar-refractivity contribution in [3.05, 3.63) is 52.4 Å². The number of hydrogen-bond donors (Lipinski definition) is 2. The highest BCUT2D eigenvalue weighted by Gasteiger charge is 2.20. The van der Waals surface area contributed by atoms with E-state index in [0.717, 1.165) is 21.3 Å². The second-order valence-electron chi connectivity index (χ2n) is 7.15. The zero-order valence-electron chi connectivity index (χ0n) is 16.9. The lowest BCUT2D eigenvalue weighted by molar-refractivity contribution is 0.600. The van der Waals surface area contributed by atoms with E-state index in [9.17, 15) is 8.42 Å². The maximum atomic E-state index is 13.0. The summed E-state index contributed by atoms with van der Waals surface area (Å²) in [5, 5.41) is 4.46. The smallest absolute Gasteiger partial charge is 0.262 e. The number of rotatable bonds is 6. The minimum atomic E-state index is -3.79. The van der Waals surface area contributed by atoms with E-state index in [4.69, 9.17) is 11.6 Å². The number of aromatic nitrogens is 2. The number of benzene rings is 1. The molecule has 29 heavy (non-hydrogen) atoms. The van der Waals surface area contributed by atoms with Gasteiger partial charge in [-0.05, 0) is 63.4 Å². The van der Waals surface area contributed by atoms with Crippen molar-refractivity contribution in [2.75, 3.05) is 10.0 Å². The molecule has 6 nitrogen and oxygen atoms in total. The van der Waals surface area contributed by atoms with E-state index in [1.54, 1.807) is 26.0 Å². The molecule has 2 aromatic heterocycles. The van der Waals surface area contributed by atoms with E-state index in [1.807, 2.05) is 32.9 Å². The number of hydrogen-bond acceptors (Lipinski definition) is 6. The van der Waals surface area contributed by atoms with Crippen LogP contribution in [-0.4, -0.2) is 24.4 Å². The molecule has 3 rings (SSSR count). The Balaban J connectivity index is 1.98. The first-order valence-electron chi connectivity index (χ1n) is 9.07. The number of sulfonamides is 1. The molecule has 9 heteroatoms. The highest BCUT2D eigenvalue weighted by atomic mass is 35.5. The van der Waals surface area contributed by atoms with Crippen molar-refractivity contribution in [1.82, 2.24) is 9.97 Å². The lowest BCUT2D eigenvalue weighted by atomic mass is 10.1. The molecule has 2 heterocycles. The van der Waals surface area contributed by atoms with E-state index >= 15 is 0 Å². The quantitative estimate of drug-likeness (QED) is 0.491. The Kier molecular flexibility index (Phi) is 6.16. The van der Waals surface area contributed by atoms with Crippen LogP contribution in [0, 0.1) is 20.8 Å². The largest absolute Gasteiger partial charge is 0.359 e. The molecule has 0 spiro atoms. The molecule has 0 amide bonds. The molecule has 0 saturated heterocycles. The van der Waals surface area contributed by atoms with E-state index in [1.165, 1.54) is 17.5 Å². The minimum absolute atomic E-state index is 0.216. The first-order valence-corrected chi connectivity index (χ1v) is 11.7. The molecule has 2 N–H and O–H groups in total. The number of aryl methyl sites for hydroxylation is 3. The molecule has 0 bridgehead atoms. The van der Waals surface area contributed by atoms with Crippen molar-refractivity contribution in [2.45, 2.75) is 45.6 Å². The predicted molar refractivity (Wildman–Crippen MR) is 121 cm³/mol. The van der Waals surface area contributed by atoms with Crippen molar-refractivity contribution in [2.24, 2.45) is 0 Å². The van der Waals surface area contributed by atoms with Crippen LogP contribution in [0.5, 0.6) is 0 Å². The monoisotopic (exact) mass is 450 g/mol. The zero-order chi connectivity index (χ0) is 21.3. The van der Waals surface area contributed by atoms with Crippen molar-refractivity contribution in [3.8, 4) is 10.4 Å². The summed E-state index contributed by atoms with van der Waals surface area (Å²) in [5.74, 6) is 0. The first-order chi connectivity index (χ1) is 13.6. The van der Waals surface area contributed by atoms with Gasteiger partial charge in [0, 0.05) is 6.04 Å². The van der Waals surface area contributed by atoms with E-state index in [2.05, 4.69) is 20.0 Å². The molecule has 0 saturated carbocycles. The number of pyridine rings is 1. The fraction of sp³-hybridized carbons (Fsp3) is 0.300. The molecular formula is C20H23ClN4O2S2. The Labute approximate surface area is 180 Å². The molecule has 0 unspecified atom stereocenters. The summed E-state index contributed by atoms with van der Waals surface area (Å²) in [6.45, 7) is 9.56. The van der Waals surface area contributed by atoms with Crippen molar-refractivity contribution in [1.29, 1.82) is 0 Å². The van der Waals surface area contributed by atoms with Gasteiger partial charge < -0.3 is 5.32 Å². The lowest BCUT2D eigenvalue weighted by Gasteiger charge is -2.12. The summed E-state index contributed by atoms with van der Waals surface area (Å²) < 4.78 is 28.7. The molecule has 154 valence electrons. The lowest BCUT2D eigenvalue weighted by Crippen LogP contribution is -2.14. The van der Waals surface area contributed by atoms with Crippen molar-refractivity contribution in [3.63, 3.8) is 0 Å². The van der Waals surface area contributed by atoms with Crippen LogP contribution in [0.25, 0.3) is 10.4 Å². The number of thiazole rings is 1. The Morgan fingerprint density at radius 3 is 2.48 bits per heavy atom. The highest BCUT2D eigenvalue weighted by Crippen LogP contribution is 2.35. The Bertz CT molecular complexity index is 1160. The fourth-order valence-electron chi connectivity index (χ4n) is 2.83. The summed E-state index contributed by atoms with van der Waals surface area (Å²) in [7, 11) is -3.79. The summed E-state index contributed by atoms with van der Waals surface area (Å²) in [5.41, 5.74) is 3.39. The van der Waals surface area contributed by atoms with Gasteiger partial charge in [-0.1, -0.05) is 35.1 Å². The van der Waals surface area contributed by atoms with Gasteiger partial charge in [-0.3, -0.25) is 4.72 Å². The van der Waals surface area contributed by atoms with Gasteiger partial charge in [0.2, 0.25) is 0 Å². The highest BCUT2D eigenvalue weighted by molar-refractivity contribution is 7.92. The predicted octanol–water partition coefficient (Wildman–Crippen LogP) is 5.40. The topological polar surface area (TPSA) is 84.0 Å². The van der Waals surface area contributed by atoms with Gasteiger partial charge in [-0.25, -0.2) is 18.4 Å². The first kappa shape index (κ1) is 21.5. The number of nitrogens with zero attached hydrogens (tertiary/aromatic N) is 2. The molecule has 0 aliphatic rings. The van der Waals surface area contributed by atoms with Crippen LogP contribution in [0.3, 0.4) is 0 Å². The van der Waals surface area contributed by atoms with E-state index < -0.39 is 10.0 Å². The molecule has 0 aliphatic heterocycles. The standard InChI is InChI=1S/C20H23ClN4O2S2/c1-11(2)23-20-24-14(5)18(28-20)15-7-6-12(3)17(9-15)29(26,27)25-16-8-13(4)19(21)22-10-16/h6-11,25H,1-5H3,(H,23,24). The van der Waals surface area contributed by atoms with Gasteiger partial charge in [0.25, 0.3) is 10.0 Å². The third kappa shape index (κ3) is 4.88. The van der Waals surface area contributed by atoms with Crippen LogP contribution in [0.2, 0.25) is 5.15 Å². The molecule has 0 fully saturated rings. The summed E-state index contributed by atoms with van der Waals surface area (Å²) >= 11 is 7.44. The maximum Gasteiger partial charge on any atom is 0.262 e. The average Bonchev–Trinajstić information content (AvgIpc) is 2.97. The third-order valence-corrected chi connectivity index (χ3v) is 7.27. The number of nitrogens with one attached hydrogen (secondary N) is 2. The van der Waals surface area contributed by atoms with Gasteiger partial charge >= 0.3 is 0 Å². The summed E-state index contributed by atoms with van der Waals surface area (Å²) in [4.78, 5) is 9.71. The summed E-state index contributed by atoms with van der Waals surface area (Å²) in [6, 6.07) is 7.34.